The molecule has 42 heavy (non-hydrogen) atoms. The van der Waals surface area contributed by atoms with Crippen LogP contribution in [0.2, 0.25) is 0 Å². The first-order valence-electron chi connectivity index (χ1n) is 16.1. The highest BCUT2D eigenvalue weighted by atomic mass is 16.5. The van der Waals surface area contributed by atoms with Gasteiger partial charge in [0, 0.05) is 45.1 Å². The van der Waals surface area contributed by atoms with Crippen LogP contribution in [0, 0.1) is 12.3 Å². The topological polar surface area (TPSA) is 93.2 Å². The molecule has 0 aliphatic carbocycles. The van der Waals surface area contributed by atoms with Crippen molar-refractivity contribution in [2.24, 2.45) is 5.41 Å². The Bertz CT molecular complexity index is 1220. The lowest BCUT2D eigenvalue weighted by Crippen LogP contribution is -2.39. The Balaban J connectivity index is 1.02. The van der Waals surface area contributed by atoms with Crippen molar-refractivity contribution in [2.45, 2.75) is 89.4 Å². The van der Waals surface area contributed by atoms with E-state index in [2.05, 4.69) is 40.5 Å². The van der Waals surface area contributed by atoms with Crippen LogP contribution in [-0.4, -0.2) is 73.1 Å². The largest absolute Gasteiger partial charge is 0.480 e. The summed E-state index contributed by atoms with van der Waals surface area (Å²) in [7, 11) is 0. The molecule has 0 amide bonds. The Labute approximate surface area is 250 Å². The zero-order valence-corrected chi connectivity index (χ0v) is 25.1. The second kappa shape index (κ2) is 13.4. The second-order valence-corrected chi connectivity index (χ2v) is 12.9. The number of aryl methyl sites for hydroxylation is 3. The van der Waals surface area contributed by atoms with Crippen LogP contribution in [0.1, 0.15) is 91.5 Å². The maximum absolute atomic E-state index is 12.8. The molecule has 0 radical (unpaired) electrons. The van der Waals surface area contributed by atoms with Gasteiger partial charge in [0.25, 0.3) is 0 Å². The summed E-state index contributed by atoms with van der Waals surface area (Å²) in [6.07, 6.45) is 10.2. The summed E-state index contributed by atoms with van der Waals surface area (Å²) in [6, 6.07) is 9.94. The van der Waals surface area contributed by atoms with E-state index in [1.807, 2.05) is 6.92 Å². The third-order valence-electron chi connectivity index (χ3n) is 9.87. The van der Waals surface area contributed by atoms with Crippen LogP contribution in [-0.2, 0) is 31.8 Å². The number of likely N-dealkylation sites (tertiary alicyclic amines) is 1. The van der Waals surface area contributed by atoms with Gasteiger partial charge in [-0.25, -0.2) is 4.98 Å². The molecule has 5 heterocycles. The average Bonchev–Trinajstić information content (AvgIpc) is 3.46. The first-order valence-corrected chi connectivity index (χ1v) is 16.1. The number of nitrogens with zero attached hydrogens (tertiary/aromatic N) is 2. The molecule has 1 aromatic carbocycles. The van der Waals surface area contributed by atoms with Crippen molar-refractivity contribution >= 4 is 11.8 Å². The summed E-state index contributed by atoms with van der Waals surface area (Å²) in [5.41, 5.74) is 5.67. The van der Waals surface area contributed by atoms with E-state index in [-0.39, 0.29) is 17.6 Å². The predicted molar refractivity (Wildman–Crippen MR) is 162 cm³/mol. The lowest BCUT2D eigenvalue weighted by molar-refractivity contribution is -0.143. The number of hydrogen-bond donors (Lipinski definition) is 2. The highest BCUT2D eigenvalue weighted by Gasteiger charge is 2.40. The van der Waals surface area contributed by atoms with E-state index in [0.29, 0.717) is 13.2 Å². The highest BCUT2D eigenvalue weighted by molar-refractivity contribution is 5.76. The number of anilines is 1. The third kappa shape index (κ3) is 6.83. The molecule has 3 atom stereocenters. The third-order valence-corrected chi connectivity index (χ3v) is 9.87. The summed E-state index contributed by atoms with van der Waals surface area (Å²) in [5.74, 6) is 0.260. The van der Waals surface area contributed by atoms with E-state index in [4.69, 9.17) is 19.2 Å². The molecule has 4 aliphatic rings. The lowest BCUT2D eigenvalue weighted by atomic mass is 9.74. The summed E-state index contributed by atoms with van der Waals surface area (Å²) >= 11 is 0. The van der Waals surface area contributed by atoms with Gasteiger partial charge in [0.2, 0.25) is 0 Å². The zero-order chi connectivity index (χ0) is 28.9. The van der Waals surface area contributed by atoms with Gasteiger partial charge in [-0.2, -0.15) is 0 Å². The van der Waals surface area contributed by atoms with Crippen molar-refractivity contribution in [2.75, 3.05) is 51.4 Å². The van der Waals surface area contributed by atoms with Gasteiger partial charge < -0.3 is 24.6 Å². The van der Waals surface area contributed by atoms with E-state index >= 15 is 0 Å². The van der Waals surface area contributed by atoms with Gasteiger partial charge in [0.15, 0.2) is 0 Å². The Morgan fingerprint density at radius 2 is 2.07 bits per heavy atom. The summed E-state index contributed by atoms with van der Waals surface area (Å²) in [4.78, 5) is 19.7. The molecule has 4 aliphatic heterocycles. The maximum atomic E-state index is 12.8. The van der Waals surface area contributed by atoms with E-state index in [1.165, 1.54) is 12.0 Å². The van der Waals surface area contributed by atoms with E-state index in [9.17, 15) is 9.90 Å². The minimum atomic E-state index is -0.800. The van der Waals surface area contributed by atoms with Crippen LogP contribution in [0.15, 0.2) is 30.3 Å². The molecule has 8 nitrogen and oxygen atoms in total. The van der Waals surface area contributed by atoms with Gasteiger partial charge in [-0.15, -0.1) is 0 Å². The number of aliphatic carboxylic acids is 1. The minimum Gasteiger partial charge on any atom is -0.480 e. The molecule has 6 rings (SSSR count). The Hall–Kier alpha value is -2.52. The van der Waals surface area contributed by atoms with Crippen molar-refractivity contribution in [3.63, 3.8) is 0 Å². The Morgan fingerprint density at radius 3 is 2.88 bits per heavy atom. The Kier molecular flexibility index (Phi) is 9.44. The van der Waals surface area contributed by atoms with Crippen LogP contribution in [0.3, 0.4) is 0 Å². The van der Waals surface area contributed by atoms with Crippen molar-refractivity contribution in [1.82, 2.24) is 9.88 Å². The quantitative estimate of drug-likeness (QED) is 0.351. The molecule has 3 fully saturated rings. The number of aromatic nitrogens is 1. The van der Waals surface area contributed by atoms with Crippen LogP contribution in [0.25, 0.3) is 0 Å². The molecule has 3 saturated heterocycles. The molecule has 1 spiro atoms. The van der Waals surface area contributed by atoms with Gasteiger partial charge in [-0.3, -0.25) is 9.69 Å². The van der Waals surface area contributed by atoms with Gasteiger partial charge in [-0.05, 0) is 99.3 Å². The first kappa shape index (κ1) is 29.5. The van der Waals surface area contributed by atoms with E-state index in [0.717, 1.165) is 119 Å². The maximum Gasteiger partial charge on any atom is 0.325 e. The highest BCUT2D eigenvalue weighted by Crippen LogP contribution is 2.45. The van der Waals surface area contributed by atoms with Crippen LogP contribution >= 0.6 is 0 Å². The van der Waals surface area contributed by atoms with Crippen molar-refractivity contribution in [1.29, 1.82) is 0 Å². The monoisotopic (exact) mass is 577 g/mol. The minimum absolute atomic E-state index is 0.0606. The number of unbranched alkanes of at least 4 members (excludes halogenated alkanes) is 1. The smallest absolute Gasteiger partial charge is 0.325 e. The summed E-state index contributed by atoms with van der Waals surface area (Å²) in [6.45, 7) is 7.45. The number of benzene rings is 1. The molecular formula is C34H47N3O5. The molecule has 2 N–H and O–H groups in total. The molecule has 2 aromatic rings. The molecule has 1 aromatic heterocycles. The zero-order valence-electron chi connectivity index (χ0n) is 25.1. The average molecular weight is 578 g/mol. The fraction of sp³-hybridized carbons (Fsp3) is 0.647. The summed E-state index contributed by atoms with van der Waals surface area (Å²) in [5, 5.41) is 13.9. The van der Waals surface area contributed by atoms with Gasteiger partial charge in [-0.1, -0.05) is 29.8 Å². The molecule has 0 unspecified atom stereocenters. The number of fused-ring (bicyclic) bond motifs is 1. The molecular weight excluding hydrogens is 530 g/mol. The van der Waals surface area contributed by atoms with Gasteiger partial charge in [0.1, 0.15) is 11.9 Å². The number of carboxylic acids is 1. The van der Waals surface area contributed by atoms with Crippen LogP contribution < -0.4 is 5.32 Å². The normalized spacial score (nSPS) is 24.7. The standard InChI is InChI=1S/C34H47N3O5/c1-24-7-10-28(30-11-13-34(23-42-30)14-19-40-20-15-34)29(21-24)31(33(38)39)37-17-12-27(22-37)41-18-3-2-6-26-9-8-25-5-4-16-35-32(25)36-26/h7-10,21,27,30-31H,2-6,11-20,22-23H2,1H3,(H,35,36)(H,38,39)/t27-,30-,31+/m1/s1. The van der Waals surface area contributed by atoms with Crippen LogP contribution in [0.5, 0.6) is 0 Å². The van der Waals surface area contributed by atoms with Crippen LogP contribution in [0.4, 0.5) is 5.82 Å². The van der Waals surface area contributed by atoms with E-state index in [1.54, 1.807) is 0 Å². The summed E-state index contributed by atoms with van der Waals surface area (Å²) < 4.78 is 18.3. The fourth-order valence-corrected chi connectivity index (χ4v) is 7.32. The number of pyridine rings is 1. The molecule has 0 bridgehead atoms. The number of nitrogens with one attached hydrogen (secondary N) is 1. The Morgan fingerprint density at radius 1 is 1.19 bits per heavy atom. The van der Waals surface area contributed by atoms with E-state index < -0.39 is 12.0 Å². The number of carbonyl (C=O) groups is 1. The second-order valence-electron chi connectivity index (χ2n) is 12.9. The number of hydrogen-bond acceptors (Lipinski definition) is 7. The fourth-order valence-electron chi connectivity index (χ4n) is 7.32. The number of ether oxygens (including phenoxy) is 3. The number of rotatable bonds is 10. The van der Waals surface area contributed by atoms with Crippen molar-refractivity contribution in [3.05, 3.63) is 58.3 Å². The molecule has 8 heteroatoms. The SMILES string of the molecule is Cc1ccc([C@H]2CCC3(CCOCC3)CO2)c([C@@H](C(=O)O)N2CC[C@@H](OCCCCc3ccc4c(n3)NCCC4)C2)c1. The van der Waals surface area contributed by atoms with Crippen molar-refractivity contribution < 1.29 is 24.1 Å². The first-order chi connectivity index (χ1) is 20.5. The van der Waals surface area contributed by atoms with Gasteiger partial charge in [0.05, 0.1) is 18.8 Å². The number of carboxylic acid groups (broad SMARTS) is 1. The molecule has 228 valence electrons. The van der Waals surface area contributed by atoms with Gasteiger partial charge >= 0.3 is 5.97 Å². The lowest BCUT2D eigenvalue weighted by Gasteiger charge is -2.43. The van der Waals surface area contributed by atoms with Crippen molar-refractivity contribution in [3.8, 4) is 0 Å². The molecule has 0 saturated carbocycles. The predicted octanol–water partition coefficient (Wildman–Crippen LogP) is 5.64.